The first-order valence-electron chi connectivity index (χ1n) is 8.32. The Kier molecular flexibility index (Phi) is 5.94. The van der Waals surface area contributed by atoms with Crippen molar-refractivity contribution >= 4 is 18.3 Å². The van der Waals surface area contributed by atoms with Gasteiger partial charge < -0.3 is 24.1 Å². The van der Waals surface area contributed by atoms with Gasteiger partial charge in [-0.25, -0.2) is 4.79 Å². The van der Waals surface area contributed by atoms with E-state index in [4.69, 9.17) is 24.1 Å². The number of aliphatic carboxylic acids is 1. The molecule has 27 heavy (non-hydrogen) atoms. The highest BCUT2D eigenvalue weighted by Crippen LogP contribution is 2.34. The van der Waals surface area contributed by atoms with Crippen LogP contribution in [0.4, 0.5) is 0 Å². The fourth-order valence-corrected chi connectivity index (χ4v) is 2.58. The molecular formula is C20H18O7. The van der Waals surface area contributed by atoms with Gasteiger partial charge in [-0.05, 0) is 24.3 Å². The first kappa shape index (κ1) is 18.3. The summed E-state index contributed by atoms with van der Waals surface area (Å²) in [6.07, 6.45) is 3.34. The van der Waals surface area contributed by atoms with Crippen molar-refractivity contribution in [1.82, 2.24) is 0 Å². The van der Waals surface area contributed by atoms with Crippen LogP contribution in [-0.4, -0.2) is 43.8 Å². The third-order valence-electron chi connectivity index (χ3n) is 3.73. The van der Waals surface area contributed by atoms with E-state index in [1.54, 1.807) is 36.4 Å². The van der Waals surface area contributed by atoms with Gasteiger partial charge in [-0.2, -0.15) is 0 Å². The first-order valence-corrected chi connectivity index (χ1v) is 8.32. The Labute approximate surface area is 155 Å². The van der Waals surface area contributed by atoms with Crippen molar-refractivity contribution in [2.75, 3.05) is 26.4 Å². The van der Waals surface area contributed by atoms with Gasteiger partial charge in [-0.15, -0.1) is 0 Å². The molecule has 0 radical (unpaired) electrons. The molecule has 0 saturated heterocycles. The summed E-state index contributed by atoms with van der Waals surface area (Å²) in [5, 5.41) is 8.52. The Morgan fingerprint density at radius 3 is 1.89 bits per heavy atom. The SMILES string of the molecule is O=C(O)/C=C/c1cccc2c1OCCO2.O=Cc1cccc2c1OCCO2. The van der Waals surface area contributed by atoms with Crippen LogP contribution in [0.1, 0.15) is 15.9 Å². The second kappa shape index (κ2) is 8.75. The van der Waals surface area contributed by atoms with Gasteiger partial charge in [0.2, 0.25) is 0 Å². The molecular weight excluding hydrogens is 352 g/mol. The average Bonchev–Trinajstić information content (AvgIpc) is 2.72. The van der Waals surface area contributed by atoms with E-state index in [1.807, 2.05) is 0 Å². The smallest absolute Gasteiger partial charge is 0.328 e. The van der Waals surface area contributed by atoms with E-state index in [1.165, 1.54) is 6.08 Å². The number of aldehydes is 1. The average molecular weight is 370 g/mol. The van der Waals surface area contributed by atoms with E-state index >= 15 is 0 Å². The maximum atomic E-state index is 10.5. The maximum Gasteiger partial charge on any atom is 0.328 e. The van der Waals surface area contributed by atoms with Crippen LogP contribution in [0.3, 0.4) is 0 Å². The lowest BCUT2D eigenvalue weighted by atomic mass is 10.1. The van der Waals surface area contributed by atoms with Gasteiger partial charge in [0.05, 0.1) is 5.56 Å². The Morgan fingerprint density at radius 1 is 0.815 bits per heavy atom. The van der Waals surface area contributed by atoms with Crippen LogP contribution >= 0.6 is 0 Å². The van der Waals surface area contributed by atoms with E-state index in [0.29, 0.717) is 55.0 Å². The molecule has 0 aromatic heterocycles. The van der Waals surface area contributed by atoms with E-state index in [9.17, 15) is 9.59 Å². The largest absolute Gasteiger partial charge is 0.486 e. The topological polar surface area (TPSA) is 91.3 Å². The van der Waals surface area contributed by atoms with Gasteiger partial charge in [0.15, 0.2) is 29.3 Å². The van der Waals surface area contributed by atoms with Crippen molar-refractivity contribution in [3.05, 3.63) is 53.6 Å². The highest BCUT2D eigenvalue weighted by Gasteiger charge is 2.15. The minimum Gasteiger partial charge on any atom is -0.486 e. The molecule has 2 aromatic rings. The fourth-order valence-electron chi connectivity index (χ4n) is 2.58. The molecule has 140 valence electrons. The van der Waals surface area contributed by atoms with Crippen molar-refractivity contribution in [2.45, 2.75) is 0 Å². The van der Waals surface area contributed by atoms with Gasteiger partial charge >= 0.3 is 5.97 Å². The minimum absolute atomic E-state index is 0.491. The molecule has 0 amide bonds. The molecule has 0 bridgehead atoms. The van der Waals surface area contributed by atoms with E-state index < -0.39 is 5.97 Å². The molecule has 0 saturated carbocycles. The Morgan fingerprint density at radius 2 is 1.33 bits per heavy atom. The summed E-state index contributed by atoms with van der Waals surface area (Å²) >= 11 is 0. The lowest BCUT2D eigenvalue weighted by Crippen LogP contribution is -2.16. The van der Waals surface area contributed by atoms with E-state index in [0.717, 1.165) is 17.9 Å². The minimum atomic E-state index is -0.982. The first-order chi connectivity index (χ1) is 13.2. The van der Waals surface area contributed by atoms with Crippen LogP contribution in [0, 0.1) is 0 Å². The molecule has 0 unspecified atom stereocenters. The van der Waals surface area contributed by atoms with Crippen LogP contribution in [0.15, 0.2) is 42.5 Å². The molecule has 0 atom stereocenters. The van der Waals surface area contributed by atoms with Crippen molar-refractivity contribution in [3.63, 3.8) is 0 Å². The normalized spacial score (nSPS) is 14.1. The molecule has 0 fully saturated rings. The van der Waals surface area contributed by atoms with Gasteiger partial charge in [0.1, 0.15) is 26.4 Å². The zero-order chi connectivity index (χ0) is 19.1. The van der Waals surface area contributed by atoms with E-state index in [2.05, 4.69) is 0 Å². The quantitative estimate of drug-likeness (QED) is 0.656. The standard InChI is InChI=1S/C11H10O4.C9H8O3/c12-10(13)5-4-8-2-1-3-9-11(8)15-7-6-14-9;10-6-7-2-1-3-8-9(7)12-5-4-11-8/h1-5H,6-7H2,(H,12,13);1-3,6H,4-5H2/b5-4+;. The molecule has 4 rings (SSSR count). The van der Waals surface area contributed by atoms with E-state index in [-0.39, 0.29) is 0 Å². The highest BCUT2D eigenvalue weighted by atomic mass is 16.6. The third-order valence-corrected chi connectivity index (χ3v) is 3.73. The Bertz CT molecular complexity index is 857. The lowest BCUT2D eigenvalue weighted by Gasteiger charge is -2.19. The monoisotopic (exact) mass is 370 g/mol. The van der Waals surface area contributed by atoms with Crippen LogP contribution in [-0.2, 0) is 4.79 Å². The molecule has 0 spiro atoms. The number of fused-ring (bicyclic) bond motifs is 2. The summed E-state index contributed by atoms with van der Waals surface area (Å²) < 4.78 is 21.4. The molecule has 0 aliphatic carbocycles. The van der Waals surface area contributed by atoms with Crippen molar-refractivity contribution in [1.29, 1.82) is 0 Å². The Hall–Kier alpha value is -3.48. The van der Waals surface area contributed by atoms with Crippen LogP contribution in [0.25, 0.3) is 6.08 Å². The maximum absolute atomic E-state index is 10.5. The molecule has 7 heteroatoms. The van der Waals surface area contributed by atoms with Crippen LogP contribution in [0.5, 0.6) is 23.0 Å². The highest BCUT2D eigenvalue weighted by molar-refractivity contribution is 5.86. The number of carbonyl (C=O) groups excluding carboxylic acids is 1. The molecule has 1 N–H and O–H groups in total. The van der Waals surface area contributed by atoms with Gasteiger partial charge in [-0.1, -0.05) is 18.2 Å². The molecule has 7 nitrogen and oxygen atoms in total. The molecule has 2 aliphatic heterocycles. The van der Waals surface area contributed by atoms with Crippen molar-refractivity contribution in [3.8, 4) is 23.0 Å². The van der Waals surface area contributed by atoms with Gasteiger partial charge in [0.25, 0.3) is 0 Å². The van der Waals surface area contributed by atoms with Gasteiger partial charge in [0, 0.05) is 11.6 Å². The zero-order valence-corrected chi connectivity index (χ0v) is 14.4. The van der Waals surface area contributed by atoms with Gasteiger partial charge in [-0.3, -0.25) is 4.79 Å². The number of rotatable bonds is 3. The summed E-state index contributed by atoms with van der Waals surface area (Å²) in [5.41, 5.74) is 1.27. The predicted octanol–water partition coefficient (Wildman–Crippen LogP) is 2.83. The number of para-hydroxylation sites is 2. The van der Waals surface area contributed by atoms with Crippen molar-refractivity contribution in [2.24, 2.45) is 0 Å². The number of hydrogen-bond acceptors (Lipinski definition) is 6. The van der Waals surface area contributed by atoms with Crippen LogP contribution < -0.4 is 18.9 Å². The third kappa shape index (κ3) is 4.58. The second-order valence-corrected chi connectivity index (χ2v) is 5.53. The summed E-state index contributed by atoms with van der Waals surface area (Å²) in [6.45, 7) is 2.08. The summed E-state index contributed by atoms with van der Waals surface area (Å²) in [7, 11) is 0. The molecule has 2 aromatic carbocycles. The summed E-state index contributed by atoms with van der Waals surface area (Å²) in [4.78, 5) is 20.9. The number of carbonyl (C=O) groups is 2. The summed E-state index contributed by atoms with van der Waals surface area (Å²) in [5.74, 6) is 1.52. The summed E-state index contributed by atoms with van der Waals surface area (Å²) in [6, 6.07) is 10.7. The number of ether oxygens (including phenoxy) is 4. The Balaban J connectivity index is 0.000000159. The number of carboxylic acids is 1. The second-order valence-electron chi connectivity index (χ2n) is 5.53. The number of benzene rings is 2. The number of hydrogen-bond donors (Lipinski definition) is 1. The zero-order valence-electron chi connectivity index (χ0n) is 14.4. The lowest BCUT2D eigenvalue weighted by molar-refractivity contribution is -0.131. The predicted molar refractivity (Wildman–Crippen MR) is 96.9 cm³/mol. The number of carboxylic acid groups (broad SMARTS) is 1. The molecule has 2 heterocycles. The van der Waals surface area contributed by atoms with Crippen molar-refractivity contribution < 1.29 is 33.6 Å². The fraction of sp³-hybridized carbons (Fsp3) is 0.200. The van der Waals surface area contributed by atoms with Crippen LogP contribution in [0.2, 0.25) is 0 Å². The molecule has 2 aliphatic rings.